The quantitative estimate of drug-likeness (QED) is 0.761. The van der Waals surface area contributed by atoms with Gasteiger partial charge in [-0.25, -0.2) is 8.42 Å². The Balaban J connectivity index is 2.73. The number of aromatic nitrogens is 1. The monoisotopic (exact) mass is 305 g/mol. The van der Waals surface area contributed by atoms with Gasteiger partial charge in [-0.3, -0.25) is 4.98 Å². The zero-order valence-electron chi connectivity index (χ0n) is 7.31. The van der Waals surface area contributed by atoms with E-state index < -0.39 is 9.05 Å². The van der Waals surface area contributed by atoms with Crippen molar-refractivity contribution in [3.05, 3.63) is 34.9 Å². The molecule has 1 heterocycles. The van der Waals surface area contributed by atoms with E-state index in [1.807, 2.05) is 6.07 Å². The van der Waals surface area contributed by atoms with Gasteiger partial charge in [0.05, 0.1) is 10.4 Å². The molecule has 0 saturated carbocycles. The lowest BCUT2D eigenvalue weighted by Crippen LogP contribution is -1.90. The Kier molecular flexibility index (Phi) is 2.70. The molecule has 0 aliphatic rings. The predicted octanol–water partition coefficient (Wildman–Crippen LogP) is 2.92. The molecule has 78 valence electrons. The third-order valence-electron chi connectivity index (χ3n) is 1.90. The lowest BCUT2D eigenvalue weighted by molar-refractivity contribution is 0.609. The maximum absolute atomic E-state index is 11.1. The summed E-state index contributed by atoms with van der Waals surface area (Å²) < 4.78 is 23.0. The van der Waals surface area contributed by atoms with Crippen LogP contribution < -0.4 is 0 Å². The van der Waals surface area contributed by atoms with Crippen LogP contribution in [0.15, 0.2) is 39.8 Å². The summed E-state index contributed by atoms with van der Waals surface area (Å²) in [5.74, 6) is 0. The summed E-state index contributed by atoms with van der Waals surface area (Å²) in [6, 6.07) is 6.43. The fraction of sp³-hybridized carbons (Fsp3) is 0. The van der Waals surface area contributed by atoms with Crippen LogP contribution in [0.4, 0.5) is 0 Å². The number of hydrogen-bond acceptors (Lipinski definition) is 3. The van der Waals surface area contributed by atoms with Gasteiger partial charge >= 0.3 is 0 Å². The topological polar surface area (TPSA) is 47.0 Å². The second-order valence-corrected chi connectivity index (χ2v) is 6.43. The Morgan fingerprint density at radius 1 is 1.27 bits per heavy atom. The molecule has 0 aliphatic heterocycles. The Morgan fingerprint density at radius 3 is 2.67 bits per heavy atom. The average Bonchev–Trinajstić information content (AvgIpc) is 2.15. The minimum absolute atomic E-state index is 0.0616. The molecule has 2 rings (SSSR count). The molecule has 0 amide bonds. The van der Waals surface area contributed by atoms with E-state index in [9.17, 15) is 8.42 Å². The molecule has 0 spiro atoms. The van der Waals surface area contributed by atoms with Gasteiger partial charge in [-0.05, 0) is 34.1 Å². The lowest BCUT2D eigenvalue weighted by atomic mass is 10.2. The summed E-state index contributed by atoms with van der Waals surface area (Å²) in [7, 11) is 1.54. The van der Waals surface area contributed by atoms with Crippen LogP contribution in [0, 0.1) is 0 Å². The molecular formula is C9H5BrClNO2S. The van der Waals surface area contributed by atoms with Gasteiger partial charge in [-0.15, -0.1) is 0 Å². The van der Waals surface area contributed by atoms with Gasteiger partial charge in [0.2, 0.25) is 0 Å². The SMILES string of the molecule is O=S(=O)(Cl)c1ccc2cc(Br)cnc2c1. The molecule has 0 aliphatic carbocycles. The number of benzene rings is 1. The molecule has 15 heavy (non-hydrogen) atoms. The maximum Gasteiger partial charge on any atom is 0.261 e. The van der Waals surface area contributed by atoms with Crippen molar-refractivity contribution in [1.82, 2.24) is 4.98 Å². The van der Waals surface area contributed by atoms with Crippen LogP contribution >= 0.6 is 26.6 Å². The molecule has 0 N–H and O–H groups in total. The highest BCUT2D eigenvalue weighted by Crippen LogP contribution is 2.22. The Hall–Kier alpha value is -0.650. The molecule has 0 saturated heterocycles. The predicted molar refractivity (Wildman–Crippen MR) is 62.5 cm³/mol. The standard InChI is InChI=1S/C9H5BrClNO2S/c10-7-3-6-1-2-8(15(11,13)14)4-9(6)12-5-7/h1-5H. The first-order chi connectivity index (χ1) is 6.97. The van der Waals surface area contributed by atoms with Crippen molar-refractivity contribution >= 4 is 46.6 Å². The van der Waals surface area contributed by atoms with Crippen LogP contribution in [0.1, 0.15) is 0 Å². The zero-order valence-corrected chi connectivity index (χ0v) is 10.5. The van der Waals surface area contributed by atoms with Crippen molar-refractivity contribution in [2.45, 2.75) is 4.90 Å². The highest BCUT2D eigenvalue weighted by Gasteiger charge is 2.10. The summed E-state index contributed by atoms with van der Waals surface area (Å²) in [4.78, 5) is 4.15. The summed E-state index contributed by atoms with van der Waals surface area (Å²) in [6.07, 6.45) is 1.60. The minimum Gasteiger partial charge on any atom is -0.255 e. The van der Waals surface area contributed by atoms with E-state index >= 15 is 0 Å². The Labute approximate surface area is 99.6 Å². The minimum atomic E-state index is -3.68. The first kappa shape index (κ1) is 10.9. The van der Waals surface area contributed by atoms with Crippen LogP contribution in [0.25, 0.3) is 10.9 Å². The largest absolute Gasteiger partial charge is 0.261 e. The number of pyridine rings is 1. The van der Waals surface area contributed by atoms with E-state index in [1.54, 1.807) is 12.3 Å². The van der Waals surface area contributed by atoms with E-state index in [0.717, 1.165) is 9.86 Å². The maximum atomic E-state index is 11.1. The fourth-order valence-corrected chi connectivity index (χ4v) is 2.35. The molecular weight excluding hydrogens is 302 g/mol. The van der Waals surface area contributed by atoms with Crippen molar-refractivity contribution in [1.29, 1.82) is 0 Å². The number of rotatable bonds is 1. The number of fused-ring (bicyclic) bond motifs is 1. The van der Waals surface area contributed by atoms with Crippen LogP contribution in [-0.2, 0) is 9.05 Å². The molecule has 0 unspecified atom stereocenters. The third kappa shape index (κ3) is 2.30. The molecule has 3 nitrogen and oxygen atoms in total. The van der Waals surface area contributed by atoms with E-state index in [-0.39, 0.29) is 4.90 Å². The Bertz CT molecular complexity index is 627. The van der Waals surface area contributed by atoms with Crippen molar-refractivity contribution in [2.75, 3.05) is 0 Å². The molecule has 0 radical (unpaired) electrons. The Morgan fingerprint density at radius 2 is 2.00 bits per heavy atom. The number of halogens is 2. The molecule has 0 atom stereocenters. The van der Waals surface area contributed by atoms with E-state index in [2.05, 4.69) is 20.9 Å². The summed E-state index contributed by atoms with van der Waals surface area (Å²) in [6.45, 7) is 0. The molecule has 6 heteroatoms. The lowest BCUT2D eigenvalue weighted by Gasteiger charge is -2.00. The van der Waals surface area contributed by atoms with Crippen LogP contribution in [-0.4, -0.2) is 13.4 Å². The molecule has 0 bridgehead atoms. The fourth-order valence-electron chi connectivity index (χ4n) is 1.23. The molecule has 0 fully saturated rings. The smallest absolute Gasteiger partial charge is 0.255 e. The van der Waals surface area contributed by atoms with E-state index in [0.29, 0.717) is 5.52 Å². The van der Waals surface area contributed by atoms with Crippen molar-refractivity contribution in [3.8, 4) is 0 Å². The van der Waals surface area contributed by atoms with Gasteiger partial charge in [0.15, 0.2) is 0 Å². The average molecular weight is 307 g/mol. The summed E-state index contributed by atoms with van der Waals surface area (Å²) in [5.41, 5.74) is 0.597. The van der Waals surface area contributed by atoms with E-state index in [1.165, 1.54) is 12.1 Å². The third-order valence-corrected chi connectivity index (χ3v) is 3.69. The van der Waals surface area contributed by atoms with Gasteiger partial charge in [-0.1, -0.05) is 6.07 Å². The van der Waals surface area contributed by atoms with Crippen LogP contribution in [0.5, 0.6) is 0 Å². The number of hydrogen-bond donors (Lipinski definition) is 0. The molecule has 1 aromatic carbocycles. The van der Waals surface area contributed by atoms with Crippen molar-refractivity contribution < 1.29 is 8.42 Å². The van der Waals surface area contributed by atoms with Crippen LogP contribution in [0.2, 0.25) is 0 Å². The normalized spacial score (nSPS) is 11.9. The van der Waals surface area contributed by atoms with E-state index in [4.69, 9.17) is 10.7 Å². The molecule has 1 aromatic heterocycles. The van der Waals surface area contributed by atoms with Crippen molar-refractivity contribution in [3.63, 3.8) is 0 Å². The van der Waals surface area contributed by atoms with Gasteiger partial charge in [-0.2, -0.15) is 0 Å². The van der Waals surface area contributed by atoms with Gasteiger partial charge in [0, 0.05) is 26.7 Å². The zero-order chi connectivity index (χ0) is 11.1. The first-order valence-corrected chi connectivity index (χ1v) is 7.07. The summed E-state index contributed by atoms with van der Waals surface area (Å²) in [5, 5.41) is 0.855. The van der Waals surface area contributed by atoms with Gasteiger partial charge in [0.1, 0.15) is 0 Å². The first-order valence-electron chi connectivity index (χ1n) is 3.97. The van der Waals surface area contributed by atoms with Crippen molar-refractivity contribution in [2.24, 2.45) is 0 Å². The number of nitrogens with zero attached hydrogens (tertiary/aromatic N) is 1. The second kappa shape index (κ2) is 3.73. The molecule has 2 aromatic rings. The highest BCUT2D eigenvalue weighted by molar-refractivity contribution is 9.10. The summed E-state index contributed by atoms with van der Waals surface area (Å²) >= 11 is 3.28. The van der Waals surface area contributed by atoms with Gasteiger partial charge < -0.3 is 0 Å². The van der Waals surface area contributed by atoms with Gasteiger partial charge in [0.25, 0.3) is 9.05 Å². The highest BCUT2D eigenvalue weighted by atomic mass is 79.9. The second-order valence-electron chi connectivity index (χ2n) is 2.95. The van der Waals surface area contributed by atoms with Crippen LogP contribution in [0.3, 0.4) is 0 Å².